The molecule has 11 heavy (non-hydrogen) atoms. The maximum atomic E-state index is 10.3. The van der Waals surface area contributed by atoms with Gasteiger partial charge in [0.25, 0.3) is 10.1 Å². The lowest BCUT2D eigenvalue weighted by molar-refractivity contribution is -0.114. The quantitative estimate of drug-likeness (QED) is 0.504. The molecule has 0 aliphatic heterocycles. The molecule has 0 aliphatic carbocycles. The monoisotopic (exact) mass is 198 g/mol. The Bertz CT molecular complexity index is 219. The zero-order chi connectivity index (χ0) is 8.91. The summed E-state index contributed by atoms with van der Waals surface area (Å²) >= 11 is 1.20. The van der Waals surface area contributed by atoms with Crippen LogP contribution in [0.3, 0.4) is 0 Å². The van der Waals surface area contributed by atoms with Crippen LogP contribution in [-0.2, 0) is 14.9 Å². The van der Waals surface area contributed by atoms with E-state index >= 15 is 0 Å². The topological polar surface area (TPSA) is 71.4 Å². The first kappa shape index (κ1) is 10.9. The number of rotatable bonds is 5. The van der Waals surface area contributed by atoms with Crippen molar-refractivity contribution in [2.45, 2.75) is 6.92 Å². The van der Waals surface area contributed by atoms with Crippen LogP contribution in [0.5, 0.6) is 0 Å². The minimum absolute atomic E-state index is 0.00494. The molecule has 0 aromatic heterocycles. The summed E-state index contributed by atoms with van der Waals surface area (Å²) < 4.78 is 28.5. The Morgan fingerprint density at radius 2 is 2.09 bits per heavy atom. The first-order chi connectivity index (χ1) is 4.92. The van der Waals surface area contributed by atoms with Crippen LogP contribution in [0.2, 0.25) is 0 Å². The second kappa shape index (κ2) is 4.74. The molecule has 0 bridgehead atoms. The Balaban J connectivity index is 3.37. The van der Waals surface area contributed by atoms with Crippen molar-refractivity contribution in [3.8, 4) is 0 Å². The first-order valence-electron chi connectivity index (χ1n) is 2.94. The second-order valence-corrected chi connectivity index (χ2v) is 4.72. The minimum atomic E-state index is -3.85. The Kier molecular flexibility index (Phi) is 4.71. The van der Waals surface area contributed by atoms with Crippen molar-refractivity contribution in [3.63, 3.8) is 0 Å². The predicted molar refractivity (Wildman–Crippen MR) is 44.4 cm³/mol. The highest BCUT2D eigenvalue weighted by atomic mass is 32.2. The third-order valence-corrected chi connectivity index (χ3v) is 2.87. The minimum Gasteiger partial charge on any atom is -0.299 e. The highest BCUT2D eigenvalue weighted by molar-refractivity contribution is 8.00. The van der Waals surface area contributed by atoms with Gasteiger partial charge in [0.1, 0.15) is 5.78 Å². The Labute approximate surface area is 70.1 Å². The Morgan fingerprint density at radius 1 is 1.55 bits per heavy atom. The van der Waals surface area contributed by atoms with E-state index in [1.165, 1.54) is 18.7 Å². The fourth-order valence-corrected chi connectivity index (χ4v) is 2.13. The Hall–Kier alpha value is -0.0700. The van der Waals surface area contributed by atoms with Crippen molar-refractivity contribution in [2.24, 2.45) is 0 Å². The number of hydrogen-bond acceptors (Lipinski definition) is 4. The molecule has 0 unspecified atom stereocenters. The zero-order valence-corrected chi connectivity index (χ0v) is 7.74. The largest absolute Gasteiger partial charge is 0.299 e. The molecule has 0 amide bonds. The molecule has 0 rings (SSSR count). The van der Waals surface area contributed by atoms with Crippen LogP contribution in [0.25, 0.3) is 0 Å². The molecule has 66 valence electrons. The van der Waals surface area contributed by atoms with Gasteiger partial charge >= 0.3 is 0 Å². The molecule has 6 heteroatoms. The van der Waals surface area contributed by atoms with Crippen molar-refractivity contribution in [3.05, 3.63) is 0 Å². The van der Waals surface area contributed by atoms with E-state index in [1.807, 2.05) is 0 Å². The summed E-state index contributed by atoms with van der Waals surface area (Å²) in [7, 11) is -3.85. The number of carbonyl (C=O) groups is 1. The van der Waals surface area contributed by atoms with Crippen LogP contribution >= 0.6 is 11.8 Å². The molecule has 0 heterocycles. The molecule has 0 aliphatic rings. The van der Waals surface area contributed by atoms with Gasteiger partial charge in [0, 0.05) is 5.75 Å². The van der Waals surface area contributed by atoms with Crippen LogP contribution in [0, 0.1) is 0 Å². The smallest absolute Gasteiger partial charge is 0.265 e. The lowest BCUT2D eigenvalue weighted by Gasteiger charge is -1.95. The summed E-state index contributed by atoms with van der Waals surface area (Å²) in [5.74, 6) is 0.282. The maximum Gasteiger partial charge on any atom is 0.265 e. The summed E-state index contributed by atoms with van der Waals surface area (Å²) in [5.41, 5.74) is 0. The third kappa shape index (κ3) is 9.93. The Morgan fingerprint density at radius 3 is 2.45 bits per heavy atom. The molecule has 0 atom stereocenters. The lowest BCUT2D eigenvalue weighted by atomic mass is 10.5. The van der Waals surface area contributed by atoms with E-state index < -0.39 is 10.1 Å². The van der Waals surface area contributed by atoms with Gasteiger partial charge in [-0.2, -0.15) is 20.2 Å². The van der Waals surface area contributed by atoms with E-state index in [4.69, 9.17) is 4.55 Å². The molecular weight excluding hydrogens is 188 g/mol. The van der Waals surface area contributed by atoms with Gasteiger partial charge in [-0.15, -0.1) is 0 Å². The van der Waals surface area contributed by atoms with Gasteiger partial charge in [-0.3, -0.25) is 9.35 Å². The molecule has 4 nitrogen and oxygen atoms in total. The molecule has 0 aromatic carbocycles. The third-order valence-electron chi connectivity index (χ3n) is 0.791. The number of ketones is 1. The van der Waals surface area contributed by atoms with Gasteiger partial charge in [-0.1, -0.05) is 0 Å². The zero-order valence-electron chi connectivity index (χ0n) is 6.11. The van der Waals surface area contributed by atoms with E-state index in [-0.39, 0.29) is 17.3 Å². The van der Waals surface area contributed by atoms with Crippen LogP contribution in [0.1, 0.15) is 6.92 Å². The van der Waals surface area contributed by atoms with Crippen LogP contribution in [0.4, 0.5) is 0 Å². The number of Topliss-reactive ketones (excluding diaryl/α,β-unsaturated/α-hetero) is 1. The molecule has 1 N–H and O–H groups in total. The van der Waals surface area contributed by atoms with Crippen molar-refractivity contribution in [2.75, 3.05) is 17.3 Å². The second-order valence-electron chi connectivity index (χ2n) is 2.04. The van der Waals surface area contributed by atoms with Crippen LogP contribution < -0.4 is 0 Å². The van der Waals surface area contributed by atoms with Gasteiger partial charge < -0.3 is 0 Å². The van der Waals surface area contributed by atoms with Gasteiger partial charge in [-0.25, -0.2) is 0 Å². The maximum absolute atomic E-state index is 10.3. The van der Waals surface area contributed by atoms with E-state index in [1.54, 1.807) is 0 Å². The molecule has 0 fully saturated rings. The van der Waals surface area contributed by atoms with E-state index in [2.05, 4.69) is 0 Å². The number of hydrogen-bond donors (Lipinski definition) is 1. The fourth-order valence-electron chi connectivity index (χ4n) is 0.380. The summed E-state index contributed by atoms with van der Waals surface area (Å²) in [6.07, 6.45) is 0. The summed E-state index contributed by atoms with van der Waals surface area (Å²) in [5, 5.41) is 0. The predicted octanol–water partition coefficient (Wildman–Crippen LogP) is 0.196. The average molecular weight is 198 g/mol. The number of thioether (sulfide) groups is 1. The molecule has 0 saturated carbocycles. The molecule has 0 radical (unpaired) electrons. The highest BCUT2D eigenvalue weighted by Gasteiger charge is 2.03. The summed E-state index contributed by atoms with van der Waals surface area (Å²) in [6, 6.07) is 0. The van der Waals surface area contributed by atoms with Crippen molar-refractivity contribution in [1.82, 2.24) is 0 Å². The molecule has 0 aromatic rings. The van der Waals surface area contributed by atoms with E-state index in [0.717, 1.165) is 0 Å². The summed E-state index contributed by atoms with van der Waals surface area (Å²) in [4.78, 5) is 10.3. The lowest BCUT2D eigenvalue weighted by Crippen LogP contribution is -2.07. The van der Waals surface area contributed by atoms with Gasteiger partial charge in [0.05, 0.1) is 11.5 Å². The molecule has 0 saturated heterocycles. The molecular formula is C5H10O4S2. The van der Waals surface area contributed by atoms with E-state index in [0.29, 0.717) is 5.75 Å². The van der Waals surface area contributed by atoms with Crippen LogP contribution in [0.15, 0.2) is 0 Å². The first-order valence-corrected chi connectivity index (χ1v) is 5.70. The van der Waals surface area contributed by atoms with E-state index in [9.17, 15) is 13.2 Å². The average Bonchev–Trinajstić information content (AvgIpc) is 1.78. The van der Waals surface area contributed by atoms with Gasteiger partial charge in [0.2, 0.25) is 0 Å². The fraction of sp³-hybridized carbons (Fsp3) is 0.800. The van der Waals surface area contributed by atoms with Gasteiger partial charge in [0.15, 0.2) is 0 Å². The normalized spacial score (nSPS) is 11.5. The summed E-state index contributed by atoms with van der Waals surface area (Å²) in [6.45, 7) is 1.43. The van der Waals surface area contributed by atoms with Crippen LogP contribution in [-0.4, -0.2) is 36.0 Å². The van der Waals surface area contributed by atoms with Crippen molar-refractivity contribution in [1.29, 1.82) is 0 Å². The standard InChI is InChI=1S/C5H10O4S2/c1-5(6)4-10-2-3-11(7,8)9/h2-4H2,1H3,(H,7,8,9). The molecule has 0 spiro atoms. The number of carbonyl (C=O) groups excluding carboxylic acids is 1. The van der Waals surface area contributed by atoms with Crippen molar-refractivity contribution < 1.29 is 17.8 Å². The van der Waals surface area contributed by atoms with Crippen molar-refractivity contribution >= 4 is 27.7 Å². The SMILES string of the molecule is CC(=O)CSCCS(=O)(=O)O. The highest BCUT2D eigenvalue weighted by Crippen LogP contribution is 2.00. The van der Waals surface area contributed by atoms with Gasteiger partial charge in [-0.05, 0) is 6.92 Å².